The number of ether oxygens (including phenoxy) is 1. The molecule has 3 aromatic rings. The van der Waals surface area contributed by atoms with Crippen LogP contribution in [0.3, 0.4) is 0 Å². The number of carbonyl (C=O) groups is 1. The van der Waals surface area contributed by atoms with Gasteiger partial charge in [0.05, 0.1) is 11.1 Å². The number of alkyl halides is 3. The third-order valence-corrected chi connectivity index (χ3v) is 4.77. The Balaban J connectivity index is 2.00. The average Bonchev–Trinajstić information content (AvgIpc) is 2.81. The minimum Gasteiger partial charge on any atom is -0.478 e. The van der Waals surface area contributed by atoms with Crippen LogP contribution in [0.15, 0.2) is 52.3 Å². The molecule has 8 heteroatoms. The van der Waals surface area contributed by atoms with Crippen molar-refractivity contribution in [3.05, 3.63) is 53.7 Å². The van der Waals surface area contributed by atoms with Crippen molar-refractivity contribution in [1.29, 1.82) is 0 Å². The third-order valence-electron chi connectivity index (χ3n) is 3.46. The number of benzene rings is 2. The van der Waals surface area contributed by atoms with E-state index in [4.69, 9.17) is 0 Å². The Labute approximate surface area is 144 Å². The molecule has 0 fully saturated rings. The van der Waals surface area contributed by atoms with E-state index in [1.807, 2.05) is 0 Å². The van der Waals surface area contributed by atoms with E-state index in [2.05, 4.69) is 9.72 Å². The van der Waals surface area contributed by atoms with Crippen molar-refractivity contribution in [1.82, 2.24) is 4.98 Å². The Bertz CT molecular complexity index is 950. The zero-order chi connectivity index (χ0) is 18.2. The molecule has 3 rings (SSSR count). The summed E-state index contributed by atoms with van der Waals surface area (Å²) >= 11 is 1.25. The number of rotatable bonds is 4. The molecule has 0 saturated carbocycles. The maximum atomic E-state index is 12.3. The number of halogens is 3. The quantitative estimate of drug-likeness (QED) is 0.663. The smallest absolute Gasteiger partial charge is 0.478 e. The van der Waals surface area contributed by atoms with Crippen LogP contribution in [0.2, 0.25) is 0 Å². The predicted octanol–water partition coefficient (Wildman–Crippen LogP) is 5.22. The van der Waals surface area contributed by atoms with Crippen LogP contribution in [-0.4, -0.2) is 22.4 Å². The van der Waals surface area contributed by atoms with E-state index >= 15 is 0 Å². The summed E-state index contributed by atoms with van der Waals surface area (Å²) in [6.07, 6.45) is -4.76. The van der Waals surface area contributed by atoms with E-state index < -0.39 is 12.3 Å². The maximum absolute atomic E-state index is 12.3. The van der Waals surface area contributed by atoms with E-state index in [0.29, 0.717) is 15.8 Å². The number of aromatic nitrogens is 1. The van der Waals surface area contributed by atoms with Gasteiger partial charge in [-0.3, -0.25) is 0 Å². The molecule has 0 aliphatic rings. The Morgan fingerprint density at radius 3 is 2.60 bits per heavy atom. The number of carboxylic acid groups (broad SMARTS) is 1. The summed E-state index contributed by atoms with van der Waals surface area (Å²) in [6, 6.07) is 10.6. The second-order valence-corrected chi connectivity index (χ2v) is 6.29. The number of H-pyrrole nitrogens is 1. The fourth-order valence-electron chi connectivity index (χ4n) is 2.46. The highest BCUT2D eigenvalue weighted by Gasteiger charge is 2.31. The number of aromatic amines is 1. The summed E-state index contributed by atoms with van der Waals surface area (Å²) in [7, 11) is 0. The maximum Gasteiger partial charge on any atom is 0.573 e. The van der Waals surface area contributed by atoms with E-state index in [-0.39, 0.29) is 11.3 Å². The number of aryl methyl sites for hydroxylation is 1. The molecule has 0 unspecified atom stereocenters. The van der Waals surface area contributed by atoms with Crippen LogP contribution in [0.1, 0.15) is 16.1 Å². The predicted molar refractivity (Wildman–Crippen MR) is 87.2 cm³/mol. The molecule has 2 N–H and O–H groups in total. The molecule has 0 bridgehead atoms. The van der Waals surface area contributed by atoms with Gasteiger partial charge in [0, 0.05) is 26.9 Å². The third kappa shape index (κ3) is 3.74. The minimum atomic E-state index is -4.76. The molecule has 1 heterocycles. The lowest BCUT2D eigenvalue weighted by Gasteiger charge is -2.09. The van der Waals surface area contributed by atoms with E-state index in [9.17, 15) is 23.1 Å². The Morgan fingerprint density at radius 2 is 1.92 bits per heavy atom. The molecule has 25 heavy (non-hydrogen) atoms. The van der Waals surface area contributed by atoms with Crippen molar-refractivity contribution >= 4 is 28.6 Å². The van der Waals surface area contributed by atoms with Gasteiger partial charge < -0.3 is 14.8 Å². The fourth-order valence-corrected chi connectivity index (χ4v) is 3.58. The summed E-state index contributed by atoms with van der Waals surface area (Å²) in [5, 5.41) is 9.97. The van der Waals surface area contributed by atoms with Gasteiger partial charge in [-0.25, -0.2) is 4.79 Å². The topological polar surface area (TPSA) is 62.3 Å². The molecule has 0 aliphatic heterocycles. The number of nitrogens with one attached hydrogen (secondary N) is 1. The Morgan fingerprint density at radius 1 is 1.20 bits per heavy atom. The zero-order valence-electron chi connectivity index (χ0n) is 12.8. The summed E-state index contributed by atoms with van der Waals surface area (Å²) in [4.78, 5) is 15.6. The second kappa shape index (κ2) is 6.36. The normalized spacial score (nSPS) is 11.7. The van der Waals surface area contributed by atoms with Gasteiger partial charge in [0.15, 0.2) is 0 Å². The summed E-state index contributed by atoms with van der Waals surface area (Å²) in [5.41, 5.74) is 1.37. The lowest BCUT2D eigenvalue weighted by atomic mass is 10.2. The van der Waals surface area contributed by atoms with Gasteiger partial charge in [-0.2, -0.15) is 0 Å². The highest BCUT2D eigenvalue weighted by Crippen LogP contribution is 2.39. The van der Waals surface area contributed by atoms with Crippen LogP contribution in [-0.2, 0) is 0 Å². The fraction of sp³-hybridized carbons (Fsp3) is 0.118. The summed E-state index contributed by atoms with van der Waals surface area (Å²) in [5.74, 6) is -1.36. The van der Waals surface area contributed by atoms with E-state index in [0.717, 1.165) is 10.6 Å². The highest BCUT2D eigenvalue weighted by atomic mass is 32.2. The van der Waals surface area contributed by atoms with E-state index in [1.54, 1.807) is 25.1 Å². The molecule has 130 valence electrons. The first-order valence-corrected chi connectivity index (χ1v) is 7.94. The molecule has 0 amide bonds. The zero-order valence-corrected chi connectivity index (χ0v) is 13.7. The van der Waals surface area contributed by atoms with Crippen molar-refractivity contribution < 1.29 is 27.8 Å². The minimum absolute atomic E-state index is 0.165. The van der Waals surface area contributed by atoms with Gasteiger partial charge in [0.25, 0.3) is 0 Å². The number of carboxylic acids is 1. The molecule has 4 nitrogen and oxygen atoms in total. The average molecular weight is 367 g/mol. The number of hydrogen-bond acceptors (Lipinski definition) is 3. The molecule has 0 atom stereocenters. The van der Waals surface area contributed by atoms with Crippen molar-refractivity contribution in [2.24, 2.45) is 0 Å². The van der Waals surface area contributed by atoms with Crippen molar-refractivity contribution in [2.45, 2.75) is 23.1 Å². The first kappa shape index (κ1) is 17.2. The second-order valence-electron chi connectivity index (χ2n) is 5.24. The monoisotopic (exact) mass is 367 g/mol. The van der Waals surface area contributed by atoms with Crippen LogP contribution in [0, 0.1) is 6.92 Å². The first-order chi connectivity index (χ1) is 11.7. The lowest BCUT2D eigenvalue weighted by Crippen LogP contribution is -2.16. The Kier molecular flexibility index (Phi) is 4.38. The number of aromatic carboxylic acids is 1. The van der Waals surface area contributed by atoms with Crippen LogP contribution in [0.5, 0.6) is 5.75 Å². The van der Waals surface area contributed by atoms with E-state index in [1.165, 1.54) is 36.0 Å². The van der Waals surface area contributed by atoms with Crippen LogP contribution in [0.25, 0.3) is 10.9 Å². The van der Waals surface area contributed by atoms with Gasteiger partial charge >= 0.3 is 12.3 Å². The molecule has 0 saturated heterocycles. The van der Waals surface area contributed by atoms with Crippen molar-refractivity contribution in [2.75, 3.05) is 0 Å². The highest BCUT2D eigenvalue weighted by molar-refractivity contribution is 7.99. The largest absolute Gasteiger partial charge is 0.573 e. The van der Waals surface area contributed by atoms with Gasteiger partial charge in [0.2, 0.25) is 0 Å². The summed E-state index contributed by atoms with van der Waals surface area (Å²) in [6.45, 7) is 1.77. The molecule has 0 aliphatic carbocycles. The number of fused-ring (bicyclic) bond motifs is 1. The standard InChI is InChI=1S/C17H12F3NO3S/c1-9-15(25-14-5-3-2-4-12(14)16(22)23)11-7-6-10(8-13(11)21-9)24-17(18,19)20/h2-8,21H,1H3,(H,22,23). The van der Waals surface area contributed by atoms with Crippen molar-refractivity contribution in [3.63, 3.8) is 0 Å². The number of hydrogen-bond donors (Lipinski definition) is 2. The molecule has 2 aromatic carbocycles. The van der Waals surface area contributed by atoms with Gasteiger partial charge in [-0.05, 0) is 31.2 Å². The molecular formula is C17H12F3NO3S. The van der Waals surface area contributed by atoms with Crippen LogP contribution in [0.4, 0.5) is 13.2 Å². The van der Waals surface area contributed by atoms with Gasteiger partial charge in [-0.15, -0.1) is 13.2 Å². The Hall–Kier alpha value is -2.61. The van der Waals surface area contributed by atoms with Gasteiger partial charge in [-0.1, -0.05) is 23.9 Å². The summed E-state index contributed by atoms with van der Waals surface area (Å²) < 4.78 is 40.9. The molecule has 1 aromatic heterocycles. The van der Waals surface area contributed by atoms with Crippen molar-refractivity contribution in [3.8, 4) is 5.75 Å². The molecule has 0 spiro atoms. The van der Waals surface area contributed by atoms with Crippen LogP contribution >= 0.6 is 11.8 Å². The molecule has 0 radical (unpaired) electrons. The lowest BCUT2D eigenvalue weighted by molar-refractivity contribution is -0.274. The first-order valence-electron chi connectivity index (χ1n) is 7.13. The van der Waals surface area contributed by atoms with Crippen LogP contribution < -0.4 is 4.74 Å². The molecular weight excluding hydrogens is 355 g/mol. The SMILES string of the molecule is Cc1[nH]c2cc(OC(F)(F)F)ccc2c1Sc1ccccc1C(=O)O. The van der Waals surface area contributed by atoms with Gasteiger partial charge in [0.1, 0.15) is 5.75 Å².